The molecule has 1 aliphatic rings. The maximum atomic E-state index is 12.1. The summed E-state index contributed by atoms with van der Waals surface area (Å²) in [6, 6.07) is -1.52. The zero-order chi connectivity index (χ0) is 15.3. The number of piperidine rings is 1. The molecule has 0 saturated carbocycles. The molecule has 7 heteroatoms. The Kier molecular flexibility index (Phi) is 5.79. The Morgan fingerprint density at radius 1 is 1.25 bits per heavy atom. The lowest BCUT2D eigenvalue weighted by molar-refractivity contribution is -0.140. The van der Waals surface area contributed by atoms with Crippen molar-refractivity contribution < 1.29 is 24.6 Å². The first kappa shape index (κ1) is 16.3. The first-order chi connectivity index (χ1) is 9.31. The number of hydrogen-bond acceptors (Lipinski definition) is 3. The fourth-order valence-corrected chi connectivity index (χ4v) is 2.33. The quantitative estimate of drug-likeness (QED) is 0.702. The molecule has 2 unspecified atom stereocenters. The number of nitrogens with one attached hydrogen (secondary N) is 1. The van der Waals surface area contributed by atoms with Crippen molar-refractivity contribution in [3.05, 3.63) is 0 Å². The molecule has 0 spiro atoms. The number of likely N-dealkylation sites (tertiary alicyclic amines) is 1. The molecule has 0 aliphatic carbocycles. The van der Waals surface area contributed by atoms with Crippen molar-refractivity contribution in [1.29, 1.82) is 0 Å². The Morgan fingerprint density at radius 3 is 2.45 bits per heavy atom. The summed E-state index contributed by atoms with van der Waals surface area (Å²) in [6.45, 7) is 4.57. The summed E-state index contributed by atoms with van der Waals surface area (Å²) >= 11 is 0. The van der Waals surface area contributed by atoms with Crippen LogP contribution in [0.2, 0.25) is 0 Å². The van der Waals surface area contributed by atoms with E-state index in [0.29, 0.717) is 12.5 Å². The minimum atomic E-state index is -1.21. The molecule has 1 fully saturated rings. The Morgan fingerprint density at radius 2 is 1.90 bits per heavy atom. The number of amides is 2. The maximum absolute atomic E-state index is 12.1. The summed E-state index contributed by atoms with van der Waals surface area (Å²) < 4.78 is 0. The van der Waals surface area contributed by atoms with E-state index in [4.69, 9.17) is 10.2 Å². The van der Waals surface area contributed by atoms with Gasteiger partial charge in [0.25, 0.3) is 0 Å². The van der Waals surface area contributed by atoms with Gasteiger partial charge in [0.2, 0.25) is 0 Å². The van der Waals surface area contributed by atoms with Crippen LogP contribution in [-0.2, 0) is 9.59 Å². The van der Waals surface area contributed by atoms with Gasteiger partial charge in [0.05, 0.1) is 0 Å². The van der Waals surface area contributed by atoms with Crippen molar-refractivity contribution in [3.8, 4) is 0 Å². The van der Waals surface area contributed by atoms with Crippen LogP contribution in [0.15, 0.2) is 0 Å². The molecule has 0 aromatic heterocycles. The van der Waals surface area contributed by atoms with Gasteiger partial charge in [-0.15, -0.1) is 0 Å². The Bertz CT molecular complexity index is 385. The normalized spacial score (nSPS) is 24.0. The molecule has 7 nitrogen and oxygen atoms in total. The van der Waals surface area contributed by atoms with Gasteiger partial charge in [-0.05, 0) is 32.1 Å². The van der Waals surface area contributed by atoms with Gasteiger partial charge in [-0.1, -0.05) is 6.92 Å². The molecule has 3 atom stereocenters. The van der Waals surface area contributed by atoms with Crippen LogP contribution >= 0.6 is 0 Å². The first-order valence-corrected chi connectivity index (χ1v) is 6.83. The minimum absolute atomic E-state index is 0.0696. The highest BCUT2D eigenvalue weighted by Crippen LogP contribution is 2.21. The zero-order valence-corrected chi connectivity index (χ0v) is 11.8. The number of nitrogens with zero attached hydrogens (tertiary/aromatic N) is 1. The summed E-state index contributed by atoms with van der Waals surface area (Å²) in [6.07, 6.45) is 1.53. The van der Waals surface area contributed by atoms with Gasteiger partial charge in [-0.3, -0.25) is 4.79 Å². The number of rotatable bonds is 5. The Hall–Kier alpha value is -1.79. The van der Waals surface area contributed by atoms with Crippen LogP contribution in [0, 0.1) is 5.92 Å². The summed E-state index contributed by atoms with van der Waals surface area (Å²) in [5.41, 5.74) is 0. The highest BCUT2D eigenvalue weighted by molar-refractivity contribution is 5.83. The van der Waals surface area contributed by atoms with Crippen LogP contribution in [0.4, 0.5) is 4.79 Å². The van der Waals surface area contributed by atoms with Gasteiger partial charge < -0.3 is 20.4 Å². The predicted molar refractivity (Wildman–Crippen MR) is 71.4 cm³/mol. The molecule has 1 heterocycles. The number of hydrogen-bond donors (Lipinski definition) is 3. The maximum Gasteiger partial charge on any atom is 0.326 e. The van der Waals surface area contributed by atoms with E-state index < -0.39 is 24.0 Å². The van der Waals surface area contributed by atoms with Gasteiger partial charge in [-0.25, -0.2) is 9.59 Å². The molecule has 0 radical (unpaired) electrons. The summed E-state index contributed by atoms with van der Waals surface area (Å²) in [5.74, 6) is -1.90. The molecular formula is C13H22N2O5. The van der Waals surface area contributed by atoms with Crippen LogP contribution < -0.4 is 5.32 Å². The highest BCUT2D eigenvalue weighted by Gasteiger charge is 2.29. The monoisotopic (exact) mass is 286 g/mol. The van der Waals surface area contributed by atoms with E-state index in [2.05, 4.69) is 5.32 Å². The molecule has 1 aliphatic heterocycles. The molecule has 3 N–H and O–H groups in total. The SMILES string of the molecule is CC1CCC(C)N(C(=O)N[C@@H](CCC(=O)O)C(=O)O)C1. The lowest BCUT2D eigenvalue weighted by atomic mass is 9.95. The second-order valence-electron chi connectivity index (χ2n) is 5.46. The fraction of sp³-hybridized carbons (Fsp3) is 0.769. The Labute approximate surface area is 117 Å². The summed E-state index contributed by atoms with van der Waals surface area (Å²) in [5, 5.41) is 20.0. The van der Waals surface area contributed by atoms with Gasteiger partial charge in [-0.2, -0.15) is 0 Å². The van der Waals surface area contributed by atoms with E-state index in [9.17, 15) is 14.4 Å². The number of carbonyl (C=O) groups is 3. The van der Waals surface area contributed by atoms with E-state index in [1.807, 2.05) is 13.8 Å². The molecule has 0 aromatic carbocycles. The van der Waals surface area contributed by atoms with Crippen molar-refractivity contribution in [2.75, 3.05) is 6.54 Å². The van der Waals surface area contributed by atoms with E-state index >= 15 is 0 Å². The lowest BCUT2D eigenvalue weighted by Gasteiger charge is -2.37. The Balaban J connectivity index is 2.60. The fourth-order valence-electron chi connectivity index (χ4n) is 2.33. The van der Waals surface area contributed by atoms with Gasteiger partial charge in [0.1, 0.15) is 6.04 Å². The molecule has 0 aromatic rings. The summed E-state index contributed by atoms with van der Waals surface area (Å²) in [4.78, 5) is 35.3. The molecule has 20 heavy (non-hydrogen) atoms. The van der Waals surface area contributed by atoms with Crippen LogP contribution in [0.3, 0.4) is 0 Å². The van der Waals surface area contributed by atoms with Gasteiger partial charge in [0.15, 0.2) is 0 Å². The van der Waals surface area contributed by atoms with Crippen molar-refractivity contribution >= 4 is 18.0 Å². The smallest absolute Gasteiger partial charge is 0.326 e. The number of aliphatic carboxylic acids is 2. The van der Waals surface area contributed by atoms with E-state index in [0.717, 1.165) is 12.8 Å². The van der Waals surface area contributed by atoms with E-state index in [-0.39, 0.29) is 18.9 Å². The van der Waals surface area contributed by atoms with Gasteiger partial charge >= 0.3 is 18.0 Å². The average molecular weight is 286 g/mol. The average Bonchev–Trinajstić information content (AvgIpc) is 2.36. The number of urea groups is 1. The lowest BCUT2D eigenvalue weighted by Crippen LogP contribution is -2.53. The molecule has 1 rings (SSSR count). The zero-order valence-electron chi connectivity index (χ0n) is 11.8. The van der Waals surface area contributed by atoms with Crippen molar-refractivity contribution in [3.63, 3.8) is 0 Å². The number of carbonyl (C=O) groups excluding carboxylic acids is 1. The second-order valence-corrected chi connectivity index (χ2v) is 5.46. The summed E-state index contributed by atoms with van der Waals surface area (Å²) in [7, 11) is 0. The van der Waals surface area contributed by atoms with Crippen LogP contribution in [0.5, 0.6) is 0 Å². The second kappa shape index (κ2) is 7.12. The van der Waals surface area contributed by atoms with Crippen LogP contribution in [0.25, 0.3) is 0 Å². The standard InChI is InChI=1S/C13H22N2O5/c1-8-3-4-9(2)15(7-8)13(20)14-10(12(18)19)5-6-11(16)17/h8-10H,3-7H2,1-2H3,(H,14,20)(H,16,17)(H,18,19)/t8?,9?,10-/m0/s1. The third-order valence-corrected chi connectivity index (χ3v) is 3.62. The third kappa shape index (κ3) is 4.71. The van der Waals surface area contributed by atoms with Gasteiger partial charge in [0, 0.05) is 19.0 Å². The van der Waals surface area contributed by atoms with E-state index in [1.54, 1.807) is 4.90 Å². The van der Waals surface area contributed by atoms with Crippen molar-refractivity contribution in [2.45, 2.75) is 51.6 Å². The number of carboxylic acids is 2. The minimum Gasteiger partial charge on any atom is -0.481 e. The highest BCUT2D eigenvalue weighted by atomic mass is 16.4. The largest absolute Gasteiger partial charge is 0.481 e. The van der Waals surface area contributed by atoms with Crippen molar-refractivity contribution in [1.82, 2.24) is 10.2 Å². The predicted octanol–water partition coefficient (Wildman–Crippen LogP) is 1.13. The van der Waals surface area contributed by atoms with E-state index in [1.165, 1.54) is 0 Å². The first-order valence-electron chi connectivity index (χ1n) is 6.83. The molecule has 2 amide bonds. The van der Waals surface area contributed by atoms with Crippen LogP contribution in [-0.4, -0.2) is 51.7 Å². The molecule has 1 saturated heterocycles. The third-order valence-electron chi connectivity index (χ3n) is 3.62. The number of carboxylic acid groups (broad SMARTS) is 2. The molecule has 0 bridgehead atoms. The topological polar surface area (TPSA) is 107 Å². The molecule has 114 valence electrons. The van der Waals surface area contributed by atoms with Crippen LogP contribution in [0.1, 0.15) is 39.5 Å². The molecular weight excluding hydrogens is 264 g/mol. The van der Waals surface area contributed by atoms with Crippen molar-refractivity contribution in [2.24, 2.45) is 5.92 Å².